The Bertz CT molecular complexity index is 1810. The Labute approximate surface area is 392 Å². The van der Waals surface area contributed by atoms with E-state index < -0.39 is 141 Å². The lowest BCUT2D eigenvalue weighted by molar-refractivity contribution is -0.357. The monoisotopic (exact) mass is 954 g/mol. The minimum Gasteiger partial charge on any atom is -0.455 e. The van der Waals surface area contributed by atoms with Gasteiger partial charge in [0.1, 0.15) is 54.6 Å². The van der Waals surface area contributed by atoms with Gasteiger partial charge in [0.2, 0.25) is 0 Å². The van der Waals surface area contributed by atoms with Crippen LogP contribution in [0.25, 0.3) is 0 Å². The molecule has 0 bridgehead atoms. The topological polar surface area (TPSA) is 246 Å². The van der Waals surface area contributed by atoms with Gasteiger partial charge in [0.05, 0.1) is 60.9 Å². The molecule has 4 saturated heterocycles. The summed E-state index contributed by atoms with van der Waals surface area (Å²) < 4.78 is 73.5. The third-order valence-electron chi connectivity index (χ3n) is 16.5. The van der Waals surface area contributed by atoms with Crippen LogP contribution in [0.15, 0.2) is 23.3 Å². The minimum atomic E-state index is -1.59. The van der Waals surface area contributed by atoms with Crippen molar-refractivity contribution in [2.75, 3.05) is 27.9 Å². The van der Waals surface area contributed by atoms with E-state index in [-0.39, 0.29) is 29.5 Å². The van der Waals surface area contributed by atoms with Crippen LogP contribution in [0, 0.1) is 22.7 Å². The van der Waals surface area contributed by atoms with Crippen LogP contribution in [0.4, 0.5) is 0 Å². The van der Waals surface area contributed by atoms with Crippen molar-refractivity contribution in [2.24, 2.45) is 22.7 Å². The van der Waals surface area contributed by atoms with Crippen LogP contribution in [0.3, 0.4) is 0 Å². The summed E-state index contributed by atoms with van der Waals surface area (Å²) in [7, 11) is 4.73. The second-order valence-electron chi connectivity index (χ2n) is 20.5. The molecule has 5 aliphatic heterocycles. The van der Waals surface area contributed by atoms with Crippen LogP contribution in [-0.4, -0.2) is 188 Å². The molecule has 0 aromatic heterocycles. The Morgan fingerprint density at radius 1 is 0.701 bits per heavy atom. The number of methoxy groups -OCH3 is 3. The largest absolute Gasteiger partial charge is 0.455 e. The molecule has 0 radical (unpaired) electrons. The second-order valence-corrected chi connectivity index (χ2v) is 20.5. The van der Waals surface area contributed by atoms with Gasteiger partial charge < -0.3 is 82.4 Å². The zero-order valence-corrected chi connectivity index (χ0v) is 40.2. The van der Waals surface area contributed by atoms with Crippen molar-refractivity contribution in [3.8, 4) is 0 Å². The van der Waals surface area contributed by atoms with Gasteiger partial charge in [0.25, 0.3) is 0 Å². The first-order valence-electron chi connectivity index (χ1n) is 24.2. The lowest BCUT2D eigenvalue weighted by atomic mass is 9.49. The van der Waals surface area contributed by atoms with Crippen LogP contribution >= 0.6 is 0 Å². The molecule has 8 rings (SSSR count). The fraction of sp³-hybridized carbons (Fsp3) is 0.875. The summed E-state index contributed by atoms with van der Waals surface area (Å²) >= 11 is 0. The number of rotatable bonds is 13. The summed E-state index contributed by atoms with van der Waals surface area (Å²) in [6.45, 7) is 10.9. The van der Waals surface area contributed by atoms with Gasteiger partial charge in [0.15, 0.2) is 25.2 Å². The second kappa shape index (κ2) is 20.6. The number of ether oxygens (including phenoxy) is 12. The van der Waals surface area contributed by atoms with Gasteiger partial charge in [-0.2, -0.15) is 0 Å². The number of aliphatic hydroxyl groups is 5. The zero-order valence-electron chi connectivity index (χ0n) is 40.2. The maximum atomic E-state index is 14.2. The number of esters is 1. The first-order valence-corrected chi connectivity index (χ1v) is 24.2. The fourth-order valence-electron chi connectivity index (χ4n) is 12.6. The van der Waals surface area contributed by atoms with Crippen molar-refractivity contribution < 1.29 is 92.0 Å². The molecule has 0 aromatic rings. The van der Waals surface area contributed by atoms with Gasteiger partial charge >= 0.3 is 5.97 Å². The zero-order chi connectivity index (χ0) is 48.3. The van der Waals surface area contributed by atoms with E-state index in [4.69, 9.17) is 56.8 Å². The average Bonchev–Trinajstić information content (AvgIpc) is 3.65. The number of aliphatic hydroxyl groups excluding tert-OH is 5. The summed E-state index contributed by atoms with van der Waals surface area (Å²) in [5, 5.41) is 52.4. The molecule has 0 unspecified atom stereocenters. The summed E-state index contributed by atoms with van der Waals surface area (Å²) in [4.78, 5) is 26.3. The number of carbonyl (C=O) groups excluding carboxylic acids is 2. The summed E-state index contributed by atoms with van der Waals surface area (Å²) in [5.74, 6) is -0.376. The molecule has 0 amide bonds. The Balaban J connectivity index is 0.839. The Morgan fingerprint density at radius 2 is 1.24 bits per heavy atom. The van der Waals surface area contributed by atoms with Crippen molar-refractivity contribution in [3.05, 3.63) is 23.3 Å². The van der Waals surface area contributed by atoms with Gasteiger partial charge in [-0.1, -0.05) is 18.6 Å². The van der Waals surface area contributed by atoms with Gasteiger partial charge in [-0.05, 0) is 83.6 Å². The molecule has 8 aliphatic rings. The highest BCUT2D eigenvalue weighted by atomic mass is 16.8. The van der Waals surface area contributed by atoms with E-state index in [9.17, 15) is 35.1 Å². The lowest BCUT2D eigenvalue weighted by Crippen LogP contribution is -2.62. The molecule has 0 aromatic carbocycles. The standard InChI is InChI=1S/C48H74O19/c1-21-28(15-35(51)59-21)47(5)13-12-27-26(45(47)55)11-10-25-14-30(29(50)19-48(25,27)6)63-36-16-31(56-7)42(22(2)60-36)65-37-17-32(57-8)43(23(3)61-37)66-38-18-33(58-9)44(24(4)62-38)67-46-41(54)40(53)39(52)34(20-49)64-46/h10,15,21-24,26-27,29-34,36-44,46,49-50,52-54H,11-14,16-20H2,1-9H3/t21-,22+,23-,24+,26+,27-,29+,30+,31-,32-,33-,34+,36-,37-,38-,39+,40-,41+,42+,43+,44+,46-,47+,48-/m0/s1. The molecule has 3 aliphatic carbocycles. The third-order valence-corrected chi connectivity index (χ3v) is 16.5. The van der Waals surface area contributed by atoms with Gasteiger partial charge in [-0.15, -0.1) is 0 Å². The highest BCUT2D eigenvalue weighted by Gasteiger charge is 2.59. The van der Waals surface area contributed by atoms with Crippen LogP contribution in [0.2, 0.25) is 0 Å². The molecule has 0 spiro atoms. The van der Waals surface area contributed by atoms with Crippen molar-refractivity contribution >= 4 is 11.8 Å². The number of Topliss-reactive ketones (excluding diaryl/α,β-unsaturated/α-hetero) is 1. The predicted molar refractivity (Wildman–Crippen MR) is 232 cm³/mol. The lowest BCUT2D eigenvalue weighted by Gasteiger charge is -2.56. The van der Waals surface area contributed by atoms with Gasteiger partial charge in [-0.3, -0.25) is 4.79 Å². The molecule has 24 atom stereocenters. The SMILES string of the molecule is CO[C@H]1C[C@H](O[C@H]2[C@@H](OC)C[C@H](O[C@@H]3CC4=CC[C@H]5C(=O)[C@@](C)(C6=CC(=O)O[C@H]6C)CC[C@@H]5[C@@]4(C)C[C@H]3O)O[C@@H]2C)O[C@@H](C)[C@H]1O[C@H]1C[C@H](OC)[C@H](O[C@@H]2O[C@H](CO)[C@@H](O)[C@H](O)[C@H]2O)[C@@H](C)O1. The predicted octanol–water partition coefficient (Wildman–Crippen LogP) is 1.74. The van der Waals surface area contributed by atoms with Gasteiger partial charge in [-0.25, -0.2) is 4.79 Å². The summed E-state index contributed by atoms with van der Waals surface area (Å²) in [5.41, 5.74) is 0.849. The first-order chi connectivity index (χ1) is 31.8. The number of ketones is 1. The number of carbonyl (C=O) groups is 2. The van der Waals surface area contributed by atoms with Gasteiger partial charge in [0, 0.05) is 52.6 Å². The van der Waals surface area contributed by atoms with E-state index in [1.807, 2.05) is 27.7 Å². The molecular formula is C48H74O19. The molecule has 19 heteroatoms. The maximum Gasteiger partial charge on any atom is 0.331 e. The average molecular weight is 955 g/mol. The highest BCUT2D eigenvalue weighted by Crippen LogP contribution is 2.60. The smallest absolute Gasteiger partial charge is 0.331 e. The van der Waals surface area contributed by atoms with E-state index in [0.717, 1.165) is 12.0 Å². The van der Waals surface area contributed by atoms with Crippen LogP contribution < -0.4 is 0 Å². The molecule has 5 heterocycles. The van der Waals surface area contributed by atoms with E-state index in [0.29, 0.717) is 38.5 Å². The Kier molecular flexibility index (Phi) is 15.8. The Hall–Kier alpha value is -2.02. The van der Waals surface area contributed by atoms with Crippen molar-refractivity contribution in [3.63, 3.8) is 0 Å². The highest BCUT2D eigenvalue weighted by molar-refractivity contribution is 5.95. The number of cyclic esters (lactones) is 1. The maximum absolute atomic E-state index is 14.2. The van der Waals surface area contributed by atoms with Crippen molar-refractivity contribution in [1.29, 1.82) is 0 Å². The van der Waals surface area contributed by atoms with Crippen molar-refractivity contribution in [2.45, 2.75) is 216 Å². The Morgan fingerprint density at radius 3 is 1.75 bits per heavy atom. The van der Waals surface area contributed by atoms with E-state index >= 15 is 0 Å². The quantitative estimate of drug-likeness (QED) is 0.130. The van der Waals surface area contributed by atoms with Crippen molar-refractivity contribution in [1.82, 2.24) is 0 Å². The third kappa shape index (κ3) is 9.85. The summed E-state index contributed by atoms with van der Waals surface area (Å²) in [6, 6.07) is 0. The molecule has 19 nitrogen and oxygen atoms in total. The minimum absolute atomic E-state index is 0.0691. The van der Waals surface area contributed by atoms with Crippen LogP contribution in [-0.2, 0) is 66.4 Å². The molecule has 380 valence electrons. The molecule has 2 saturated carbocycles. The number of hydrogen-bond donors (Lipinski definition) is 5. The van der Waals surface area contributed by atoms with Crippen LogP contribution in [0.5, 0.6) is 0 Å². The number of allylic oxidation sites excluding steroid dienone is 1. The van der Waals surface area contributed by atoms with E-state index in [1.165, 1.54) is 18.8 Å². The summed E-state index contributed by atoms with van der Waals surface area (Å²) in [6.07, 6.45) is -8.32. The number of fused-ring (bicyclic) bond motifs is 3. The first kappa shape index (κ1) is 51.3. The molecule has 5 N–H and O–H groups in total. The molecule has 6 fully saturated rings. The molecule has 67 heavy (non-hydrogen) atoms. The number of hydrogen-bond acceptors (Lipinski definition) is 19. The van der Waals surface area contributed by atoms with E-state index in [2.05, 4.69) is 13.0 Å². The molecular weight excluding hydrogens is 881 g/mol. The normalized spacial score (nSPS) is 50.5. The van der Waals surface area contributed by atoms with E-state index in [1.54, 1.807) is 21.1 Å². The fourth-order valence-corrected chi connectivity index (χ4v) is 12.6. The van der Waals surface area contributed by atoms with Crippen LogP contribution in [0.1, 0.15) is 92.9 Å².